The molecular weight excluding hydrogens is 274 g/mol. The van der Waals surface area contributed by atoms with Crippen molar-refractivity contribution in [1.29, 1.82) is 0 Å². The summed E-state index contributed by atoms with van der Waals surface area (Å²) in [5.74, 6) is 1.24. The minimum absolute atomic E-state index is 0.0639. The maximum absolute atomic E-state index is 12.6. The number of hydrogen-bond donors (Lipinski definition) is 0. The van der Waals surface area contributed by atoms with E-state index in [1.165, 1.54) is 11.3 Å². The summed E-state index contributed by atoms with van der Waals surface area (Å²) in [5, 5.41) is 7.68. The zero-order valence-corrected chi connectivity index (χ0v) is 12.2. The summed E-state index contributed by atoms with van der Waals surface area (Å²) in [6.45, 7) is 2.55. The average molecular weight is 291 g/mol. The normalized spacial score (nSPS) is 19.9. The first-order valence-electron chi connectivity index (χ1n) is 6.89. The lowest BCUT2D eigenvalue weighted by molar-refractivity contribution is 0.0645. The van der Waals surface area contributed by atoms with Crippen LogP contribution in [0.5, 0.6) is 0 Å². The molecule has 6 heteroatoms. The number of carbonyl (C=O) groups is 1. The van der Waals surface area contributed by atoms with Gasteiger partial charge in [0.25, 0.3) is 5.91 Å². The predicted molar refractivity (Wildman–Crippen MR) is 75.6 cm³/mol. The van der Waals surface area contributed by atoms with Gasteiger partial charge in [0.2, 0.25) is 5.89 Å². The first-order valence-corrected chi connectivity index (χ1v) is 7.83. The van der Waals surface area contributed by atoms with Gasteiger partial charge in [0.1, 0.15) is 6.04 Å². The first kappa shape index (κ1) is 13.3. The van der Waals surface area contributed by atoms with Crippen LogP contribution in [0.3, 0.4) is 0 Å². The maximum atomic E-state index is 12.6. The number of likely N-dealkylation sites (tertiary alicyclic amines) is 1. The minimum atomic E-state index is -0.0916. The van der Waals surface area contributed by atoms with Crippen LogP contribution in [-0.4, -0.2) is 27.5 Å². The summed E-state index contributed by atoms with van der Waals surface area (Å²) in [5.41, 5.74) is 0.748. The van der Waals surface area contributed by atoms with Gasteiger partial charge < -0.3 is 9.42 Å². The van der Waals surface area contributed by atoms with E-state index in [0.29, 0.717) is 11.7 Å². The van der Waals surface area contributed by atoms with Crippen molar-refractivity contribution in [2.45, 2.75) is 38.6 Å². The standard InChI is InChI=1S/C14H17N3O2S/c1-10-15-13(19-16-10)12-5-3-2-4-7-17(12)14(18)11-6-8-20-9-11/h6,8-9,12H,2-5,7H2,1H3. The van der Waals surface area contributed by atoms with Crippen LogP contribution in [0.1, 0.15) is 53.8 Å². The molecule has 0 aromatic carbocycles. The number of aromatic nitrogens is 2. The molecule has 106 valence electrons. The van der Waals surface area contributed by atoms with Gasteiger partial charge in [-0.2, -0.15) is 16.3 Å². The molecule has 1 fully saturated rings. The Balaban J connectivity index is 1.89. The number of nitrogens with zero attached hydrogens (tertiary/aromatic N) is 3. The molecule has 1 aliphatic heterocycles. The van der Waals surface area contributed by atoms with Gasteiger partial charge in [-0.1, -0.05) is 18.0 Å². The van der Waals surface area contributed by atoms with Crippen molar-refractivity contribution >= 4 is 17.2 Å². The number of hydrogen-bond acceptors (Lipinski definition) is 5. The van der Waals surface area contributed by atoms with E-state index >= 15 is 0 Å². The smallest absolute Gasteiger partial charge is 0.255 e. The van der Waals surface area contributed by atoms with Crippen molar-refractivity contribution < 1.29 is 9.32 Å². The number of aryl methyl sites for hydroxylation is 1. The van der Waals surface area contributed by atoms with Crippen LogP contribution in [0.25, 0.3) is 0 Å². The van der Waals surface area contributed by atoms with Crippen LogP contribution in [0.4, 0.5) is 0 Å². The molecule has 1 saturated heterocycles. The van der Waals surface area contributed by atoms with E-state index < -0.39 is 0 Å². The van der Waals surface area contributed by atoms with Gasteiger partial charge in [-0.15, -0.1) is 0 Å². The zero-order valence-electron chi connectivity index (χ0n) is 11.4. The molecule has 3 heterocycles. The second-order valence-corrected chi connectivity index (χ2v) is 5.84. The molecule has 1 atom stereocenters. The Morgan fingerprint density at radius 2 is 2.35 bits per heavy atom. The van der Waals surface area contributed by atoms with Crippen molar-refractivity contribution in [3.63, 3.8) is 0 Å². The number of amides is 1. The molecule has 2 aromatic heterocycles. The molecule has 1 amide bonds. The molecule has 2 aromatic rings. The highest BCUT2D eigenvalue weighted by atomic mass is 32.1. The molecular formula is C14H17N3O2S. The molecule has 3 rings (SSSR count). The lowest BCUT2D eigenvalue weighted by Gasteiger charge is -2.27. The highest BCUT2D eigenvalue weighted by Crippen LogP contribution is 2.30. The molecule has 0 saturated carbocycles. The van der Waals surface area contributed by atoms with Crippen molar-refractivity contribution in [2.75, 3.05) is 6.54 Å². The SMILES string of the molecule is Cc1noc(C2CCCCCN2C(=O)c2ccsc2)n1. The zero-order chi connectivity index (χ0) is 13.9. The highest BCUT2D eigenvalue weighted by molar-refractivity contribution is 7.08. The number of rotatable bonds is 2. The summed E-state index contributed by atoms with van der Waals surface area (Å²) < 4.78 is 5.30. The molecule has 0 N–H and O–H groups in total. The Labute approximate surface area is 121 Å². The van der Waals surface area contributed by atoms with E-state index in [0.717, 1.165) is 37.8 Å². The van der Waals surface area contributed by atoms with Gasteiger partial charge in [-0.05, 0) is 31.2 Å². The Kier molecular flexibility index (Phi) is 3.82. The molecule has 0 spiro atoms. The van der Waals surface area contributed by atoms with Crippen molar-refractivity contribution in [2.24, 2.45) is 0 Å². The molecule has 1 aliphatic rings. The Morgan fingerprint density at radius 1 is 1.45 bits per heavy atom. The van der Waals surface area contributed by atoms with Gasteiger partial charge in [0.15, 0.2) is 5.82 Å². The van der Waals surface area contributed by atoms with Crippen LogP contribution in [0.15, 0.2) is 21.3 Å². The highest BCUT2D eigenvalue weighted by Gasteiger charge is 2.31. The second kappa shape index (κ2) is 5.75. The third-order valence-corrected chi connectivity index (χ3v) is 4.29. The van der Waals surface area contributed by atoms with Gasteiger partial charge in [-0.3, -0.25) is 4.79 Å². The summed E-state index contributed by atoms with van der Waals surface area (Å²) in [6.07, 6.45) is 4.13. The quantitative estimate of drug-likeness (QED) is 0.852. The van der Waals surface area contributed by atoms with E-state index in [1.54, 1.807) is 6.92 Å². The molecule has 1 unspecified atom stereocenters. The fraction of sp³-hybridized carbons (Fsp3) is 0.500. The Bertz CT molecular complexity index is 579. The largest absolute Gasteiger partial charge is 0.337 e. The minimum Gasteiger partial charge on any atom is -0.337 e. The Morgan fingerprint density at radius 3 is 3.05 bits per heavy atom. The number of carbonyl (C=O) groups excluding carboxylic acids is 1. The van der Waals surface area contributed by atoms with E-state index in [9.17, 15) is 4.79 Å². The van der Waals surface area contributed by atoms with Crippen LogP contribution in [0.2, 0.25) is 0 Å². The van der Waals surface area contributed by atoms with E-state index in [1.807, 2.05) is 21.7 Å². The molecule has 0 bridgehead atoms. The number of thiophene rings is 1. The molecule has 0 radical (unpaired) electrons. The van der Waals surface area contributed by atoms with Gasteiger partial charge in [0.05, 0.1) is 5.56 Å². The Hall–Kier alpha value is -1.69. The van der Waals surface area contributed by atoms with Crippen molar-refractivity contribution in [3.8, 4) is 0 Å². The monoisotopic (exact) mass is 291 g/mol. The lowest BCUT2D eigenvalue weighted by atomic mass is 10.1. The van der Waals surface area contributed by atoms with Crippen molar-refractivity contribution in [1.82, 2.24) is 15.0 Å². The van der Waals surface area contributed by atoms with Crippen LogP contribution in [0, 0.1) is 6.92 Å². The second-order valence-electron chi connectivity index (χ2n) is 5.06. The first-order chi connectivity index (χ1) is 9.75. The summed E-state index contributed by atoms with van der Waals surface area (Å²) in [6, 6.07) is 1.78. The molecule has 0 aliphatic carbocycles. The lowest BCUT2D eigenvalue weighted by Crippen LogP contribution is -2.34. The fourth-order valence-electron chi connectivity index (χ4n) is 2.61. The predicted octanol–water partition coefficient (Wildman–Crippen LogP) is 3.20. The molecule has 20 heavy (non-hydrogen) atoms. The van der Waals surface area contributed by atoms with Crippen molar-refractivity contribution in [3.05, 3.63) is 34.1 Å². The topological polar surface area (TPSA) is 59.2 Å². The van der Waals surface area contributed by atoms with Gasteiger partial charge in [0, 0.05) is 11.9 Å². The van der Waals surface area contributed by atoms with Crippen LogP contribution >= 0.6 is 11.3 Å². The maximum Gasteiger partial charge on any atom is 0.255 e. The third-order valence-electron chi connectivity index (χ3n) is 3.61. The summed E-state index contributed by atoms with van der Waals surface area (Å²) in [4.78, 5) is 18.9. The van der Waals surface area contributed by atoms with Gasteiger partial charge >= 0.3 is 0 Å². The van der Waals surface area contributed by atoms with E-state index in [2.05, 4.69) is 10.1 Å². The summed E-state index contributed by atoms with van der Waals surface area (Å²) >= 11 is 1.54. The third kappa shape index (κ3) is 2.60. The molecule has 5 nitrogen and oxygen atoms in total. The van der Waals surface area contributed by atoms with E-state index in [4.69, 9.17) is 4.52 Å². The van der Waals surface area contributed by atoms with Crippen LogP contribution < -0.4 is 0 Å². The van der Waals surface area contributed by atoms with Gasteiger partial charge in [-0.25, -0.2) is 0 Å². The summed E-state index contributed by atoms with van der Waals surface area (Å²) in [7, 11) is 0. The fourth-order valence-corrected chi connectivity index (χ4v) is 3.24. The van der Waals surface area contributed by atoms with E-state index in [-0.39, 0.29) is 11.9 Å². The average Bonchev–Trinajstić information content (AvgIpc) is 3.05. The van der Waals surface area contributed by atoms with Crippen LogP contribution in [-0.2, 0) is 0 Å².